The first-order chi connectivity index (χ1) is 13.6. The van der Waals surface area contributed by atoms with Crippen LogP contribution < -0.4 is 10.2 Å². The summed E-state index contributed by atoms with van der Waals surface area (Å²) in [5.74, 6) is -0.670. The van der Waals surface area contributed by atoms with Gasteiger partial charge in [0.05, 0.1) is 24.0 Å². The van der Waals surface area contributed by atoms with E-state index < -0.39 is 5.97 Å². The average molecular weight is 374 g/mol. The summed E-state index contributed by atoms with van der Waals surface area (Å²) in [4.78, 5) is 26.3. The summed E-state index contributed by atoms with van der Waals surface area (Å²) in [5.41, 5.74) is 3.70. The number of anilines is 2. The van der Waals surface area contributed by atoms with Gasteiger partial charge in [-0.2, -0.15) is 0 Å². The molecule has 3 aromatic rings. The second-order valence-electron chi connectivity index (χ2n) is 6.38. The highest BCUT2D eigenvalue weighted by atomic mass is 16.5. The van der Waals surface area contributed by atoms with Gasteiger partial charge in [-0.15, -0.1) is 0 Å². The first kappa shape index (κ1) is 19.2. The quantitative estimate of drug-likeness (QED) is 0.651. The van der Waals surface area contributed by atoms with Gasteiger partial charge in [0.1, 0.15) is 0 Å². The number of carbonyl (C=O) groups excluding carboxylic acids is 2. The molecule has 0 aliphatic heterocycles. The molecule has 0 saturated carbocycles. The van der Waals surface area contributed by atoms with Gasteiger partial charge in [0.25, 0.3) is 5.91 Å². The van der Waals surface area contributed by atoms with Gasteiger partial charge >= 0.3 is 5.97 Å². The van der Waals surface area contributed by atoms with Gasteiger partial charge in [-0.25, -0.2) is 4.79 Å². The van der Waals surface area contributed by atoms with Gasteiger partial charge in [0, 0.05) is 19.2 Å². The van der Waals surface area contributed by atoms with Gasteiger partial charge < -0.3 is 15.0 Å². The highest BCUT2D eigenvalue weighted by Gasteiger charge is 2.13. The van der Waals surface area contributed by atoms with Crippen LogP contribution >= 0.6 is 0 Å². The number of benzene rings is 3. The molecule has 0 spiro atoms. The Morgan fingerprint density at radius 3 is 2.14 bits per heavy atom. The maximum Gasteiger partial charge on any atom is 0.337 e. The van der Waals surface area contributed by atoms with Crippen molar-refractivity contribution < 1.29 is 14.3 Å². The molecule has 5 nitrogen and oxygen atoms in total. The predicted molar refractivity (Wildman–Crippen MR) is 111 cm³/mol. The molecular weight excluding hydrogens is 352 g/mol. The second-order valence-corrected chi connectivity index (χ2v) is 6.38. The van der Waals surface area contributed by atoms with Crippen molar-refractivity contribution >= 4 is 23.3 Å². The topological polar surface area (TPSA) is 58.6 Å². The van der Waals surface area contributed by atoms with Gasteiger partial charge in [-0.05, 0) is 42.0 Å². The summed E-state index contributed by atoms with van der Waals surface area (Å²) < 4.78 is 4.68. The highest BCUT2D eigenvalue weighted by molar-refractivity contribution is 6.06. The average Bonchev–Trinajstić information content (AvgIpc) is 2.74. The molecule has 0 radical (unpaired) electrons. The van der Waals surface area contributed by atoms with Crippen molar-refractivity contribution in [2.24, 2.45) is 0 Å². The predicted octanol–water partition coefficient (Wildman–Crippen LogP) is 4.36. The van der Waals surface area contributed by atoms with Crippen LogP contribution in [0.3, 0.4) is 0 Å². The van der Waals surface area contributed by atoms with Gasteiger partial charge in [0.15, 0.2) is 0 Å². The Morgan fingerprint density at radius 2 is 1.46 bits per heavy atom. The maximum atomic E-state index is 12.7. The Kier molecular flexibility index (Phi) is 6.07. The second kappa shape index (κ2) is 8.86. The van der Waals surface area contributed by atoms with E-state index in [4.69, 9.17) is 0 Å². The molecule has 0 heterocycles. The lowest BCUT2D eigenvalue weighted by Gasteiger charge is -2.23. The number of nitrogens with zero attached hydrogens (tertiary/aromatic N) is 1. The monoisotopic (exact) mass is 374 g/mol. The molecular formula is C23H22N2O3. The third-order valence-corrected chi connectivity index (χ3v) is 4.39. The van der Waals surface area contributed by atoms with Crippen molar-refractivity contribution in [2.75, 3.05) is 24.4 Å². The lowest BCUT2D eigenvalue weighted by atomic mass is 10.1. The van der Waals surface area contributed by atoms with Crippen molar-refractivity contribution in [2.45, 2.75) is 6.54 Å². The fourth-order valence-electron chi connectivity index (χ4n) is 2.92. The minimum Gasteiger partial charge on any atom is -0.465 e. The minimum atomic E-state index is -0.431. The Morgan fingerprint density at radius 1 is 0.857 bits per heavy atom. The molecule has 0 aliphatic rings. The van der Waals surface area contributed by atoms with Crippen LogP contribution in [0.2, 0.25) is 0 Å². The van der Waals surface area contributed by atoms with Crippen molar-refractivity contribution in [3.63, 3.8) is 0 Å². The van der Waals surface area contributed by atoms with Crippen LogP contribution in [0.5, 0.6) is 0 Å². The summed E-state index contributed by atoms with van der Waals surface area (Å²) >= 11 is 0. The number of ether oxygens (including phenoxy) is 1. The van der Waals surface area contributed by atoms with E-state index in [9.17, 15) is 9.59 Å². The number of hydrogen-bond acceptors (Lipinski definition) is 4. The van der Waals surface area contributed by atoms with Gasteiger partial charge in [0.2, 0.25) is 0 Å². The van der Waals surface area contributed by atoms with E-state index in [2.05, 4.69) is 27.1 Å². The maximum absolute atomic E-state index is 12.7. The fourth-order valence-corrected chi connectivity index (χ4v) is 2.92. The van der Waals surface area contributed by atoms with Gasteiger partial charge in [-0.1, -0.05) is 42.5 Å². The van der Waals surface area contributed by atoms with Crippen LogP contribution in [0.15, 0.2) is 78.9 Å². The lowest BCUT2D eigenvalue weighted by molar-refractivity contribution is 0.0600. The molecule has 5 heteroatoms. The number of para-hydroxylation sites is 2. The number of methoxy groups -OCH3 is 1. The summed E-state index contributed by atoms with van der Waals surface area (Å²) in [6.45, 7) is 0.724. The van der Waals surface area contributed by atoms with Crippen molar-refractivity contribution in [3.8, 4) is 0 Å². The molecule has 3 rings (SSSR count). The Bertz CT molecular complexity index is 953. The van der Waals surface area contributed by atoms with E-state index in [-0.39, 0.29) is 5.91 Å². The molecule has 0 bridgehead atoms. The third-order valence-electron chi connectivity index (χ3n) is 4.39. The van der Waals surface area contributed by atoms with Crippen LogP contribution in [-0.2, 0) is 11.3 Å². The Labute approximate surface area is 164 Å². The van der Waals surface area contributed by atoms with Crippen molar-refractivity contribution in [3.05, 3.63) is 95.6 Å². The van der Waals surface area contributed by atoms with E-state index in [0.717, 1.165) is 17.9 Å². The molecule has 0 fully saturated rings. The van der Waals surface area contributed by atoms with Crippen LogP contribution in [0, 0.1) is 0 Å². The molecule has 142 valence electrons. The number of carbonyl (C=O) groups is 2. The molecule has 1 amide bonds. The van der Waals surface area contributed by atoms with E-state index >= 15 is 0 Å². The molecule has 0 saturated heterocycles. The number of hydrogen-bond donors (Lipinski definition) is 1. The lowest BCUT2D eigenvalue weighted by Crippen LogP contribution is -2.20. The number of rotatable bonds is 6. The fraction of sp³-hybridized carbons (Fsp3) is 0.130. The summed E-state index contributed by atoms with van der Waals surface area (Å²) in [6.07, 6.45) is 0. The SMILES string of the molecule is COC(=O)c1ccc(C(=O)Nc2ccccc2N(C)Cc2ccccc2)cc1. The first-order valence-electron chi connectivity index (χ1n) is 8.92. The van der Waals surface area contributed by atoms with E-state index in [1.54, 1.807) is 24.3 Å². The molecule has 1 N–H and O–H groups in total. The Hall–Kier alpha value is -3.60. The normalized spacial score (nSPS) is 10.2. The van der Waals surface area contributed by atoms with E-state index in [1.165, 1.54) is 12.7 Å². The summed E-state index contributed by atoms with van der Waals surface area (Å²) in [6, 6.07) is 24.2. The van der Waals surface area contributed by atoms with Gasteiger partial charge in [-0.3, -0.25) is 4.79 Å². The van der Waals surface area contributed by atoms with Crippen LogP contribution in [0.1, 0.15) is 26.3 Å². The van der Waals surface area contributed by atoms with E-state index in [0.29, 0.717) is 11.1 Å². The van der Waals surface area contributed by atoms with E-state index in [1.807, 2.05) is 49.5 Å². The first-order valence-corrected chi connectivity index (χ1v) is 8.92. The van der Waals surface area contributed by atoms with Crippen molar-refractivity contribution in [1.82, 2.24) is 0 Å². The molecule has 0 aromatic heterocycles. The molecule has 3 aromatic carbocycles. The minimum absolute atomic E-state index is 0.239. The molecule has 0 unspecified atom stereocenters. The zero-order valence-electron chi connectivity index (χ0n) is 15.9. The molecule has 28 heavy (non-hydrogen) atoms. The summed E-state index contributed by atoms with van der Waals surface area (Å²) in [5, 5.41) is 2.96. The smallest absolute Gasteiger partial charge is 0.337 e. The van der Waals surface area contributed by atoms with Crippen molar-refractivity contribution in [1.29, 1.82) is 0 Å². The van der Waals surface area contributed by atoms with Crippen LogP contribution in [-0.4, -0.2) is 26.0 Å². The standard InChI is InChI=1S/C23H22N2O3/c1-25(16-17-8-4-3-5-9-17)21-11-7-6-10-20(21)24-22(26)18-12-14-19(15-13-18)23(27)28-2/h3-15H,16H2,1-2H3,(H,24,26). The molecule has 0 aliphatic carbocycles. The highest BCUT2D eigenvalue weighted by Crippen LogP contribution is 2.26. The number of esters is 1. The number of nitrogens with one attached hydrogen (secondary N) is 1. The zero-order chi connectivity index (χ0) is 19.9. The van der Waals surface area contributed by atoms with Crippen LogP contribution in [0.25, 0.3) is 0 Å². The summed E-state index contributed by atoms with van der Waals surface area (Å²) in [7, 11) is 3.31. The molecule has 0 atom stereocenters. The third kappa shape index (κ3) is 4.57. The largest absolute Gasteiger partial charge is 0.465 e. The Balaban J connectivity index is 1.75. The number of amides is 1. The zero-order valence-corrected chi connectivity index (χ0v) is 15.9. The van der Waals surface area contributed by atoms with Crippen LogP contribution in [0.4, 0.5) is 11.4 Å².